The van der Waals surface area contributed by atoms with Crippen LogP contribution < -0.4 is 0 Å². The minimum Gasteiger partial charge on any atom is -0.457 e. The van der Waals surface area contributed by atoms with Gasteiger partial charge in [0, 0.05) is 23.3 Å². The fraction of sp³-hybridized carbons (Fsp3) is 0.577. The number of allylic oxidation sites excluding steroid dienone is 7. The van der Waals surface area contributed by atoms with Crippen molar-refractivity contribution in [1.82, 2.24) is 0 Å². The topological polar surface area (TPSA) is 60.4 Å². The van der Waals surface area contributed by atoms with E-state index in [1.807, 2.05) is 6.08 Å². The summed E-state index contributed by atoms with van der Waals surface area (Å²) in [4.78, 5) is 36.4. The minimum absolute atomic E-state index is 0.0403. The predicted octanol–water partition coefficient (Wildman–Crippen LogP) is 4.91. The molecule has 0 spiro atoms. The zero-order valence-corrected chi connectivity index (χ0v) is 18.7. The smallest absolute Gasteiger partial charge is 0.303 e. The van der Waals surface area contributed by atoms with Crippen LogP contribution in [0.4, 0.5) is 0 Å². The molecule has 0 aromatic heterocycles. The summed E-state index contributed by atoms with van der Waals surface area (Å²) in [5.74, 6) is 0.687. The van der Waals surface area contributed by atoms with Crippen LogP contribution in [-0.2, 0) is 19.1 Å². The van der Waals surface area contributed by atoms with Gasteiger partial charge in [-0.15, -0.1) is 0 Å². The average Bonchev–Trinajstić information content (AvgIpc) is 3.00. The fourth-order valence-electron chi connectivity index (χ4n) is 6.51. The van der Waals surface area contributed by atoms with Crippen LogP contribution in [-0.4, -0.2) is 24.1 Å². The zero-order chi connectivity index (χ0) is 21.8. The lowest BCUT2D eigenvalue weighted by Crippen LogP contribution is -2.43. The Hall–Kier alpha value is -2.23. The van der Waals surface area contributed by atoms with Gasteiger partial charge in [0.2, 0.25) is 0 Å². The second-order valence-corrected chi connectivity index (χ2v) is 10.1. The largest absolute Gasteiger partial charge is 0.457 e. The molecule has 30 heavy (non-hydrogen) atoms. The molecule has 0 unspecified atom stereocenters. The second kappa shape index (κ2) is 7.18. The number of hydrogen-bond acceptors (Lipinski definition) is 4. The number of hydrogen-bond donors (Lipinski definition) is 0. The molecule has 0 saturated heterocycles. The molecule has 0 heterocycles. The first-order valence-electron chi connectivity index (χ1n) is 11.1. The molecule has 4 nitrogen and oxygen atoms in total. The third kappa shape index (κ3) is 3.07. The number of Topliss-reactive ketones (excluding diaryl/α,β-unsaturated/α-hetero) is 1. The van der Waals surface area contributed by atoms with Gasteiger partial charge in [-0.25, -0.2) is 0 Å². The highest BCUT2D eigenvalue weighted by Crippen LogP contribution is 2.64. The summed E-state index contributed by atoms with van der Waals surface area (Å²) in [5, 5.41) is 0. The normalized spacial score (nSPS) is 34.8. The van der Waals surface area contributed by atoms with Crippen molar-refractivity contribution in [3.8, 4) is 0 Å². The van der Waals surface area contributed by atoms with E-state index >= 15 is 0 Å². The Morgan fingerprint density at radius 3 is 2.67 bits per heavy atom. The molecular weight excluding hydrogens is 376 g/mol. The number of fused-ring (bicyclic) bond motifs is 5. The van der Waals surface area contributed by atoms with Crippen LogP contribution in [0.3, 0.4) is 0 Å². The molecule has 160 valence electrons. The van der Waals surface area contributed by atoms with Gasteiger partial charge in [-0.3, -0.25) is 14.4 Å². The highest BCUT2D eigenvalue weighted by molar-refractivity contribution is 6.01. The molecule has 1 fully saturated rings. The Kier molecular flexibility index (Phi) is 5.03. The summed E-state index contributed by atoms with van der Waals surface area (Å²) in [5.41, 5.74) is 4.37. The maximum absolute atomic E-state index is 13.2. The Morgan fingerprint density at radius 2 is 2.00 bits per heavy atom. The van der Waals surface area contributed by atoms with Gasteiger partial charge in [0.1, 0.15) is 0 Å². The Labute approximate surface area is 179 Å². The van der Waals surface area contributed by atoms with Crippen LogP contribution in [0, 0.1) is 28.6 Å². The molecule has 4 atom stereocenters. The van der Waals surface area contributed by atoms with Crippen LogP contribution in [0.2, 0.25) is 0 Å². The van der Waals surface area contributed by atoms with Crippen molar-refractivity contribution >= 4 is 17.5 Å². The van der Waals surface area contributed by atoms with Crippen LogP contribution >= 0.6 is 0 Å². The number of ketones is 2. The summed E-state index contributed by atoms with van der Waals surface area (Å²) in [7, 11) is 0. The SMILES string of the molecule is CC(=O)OCC(=O)C1=C(C(C)C)C[C@H]2[C@@H]3CCC4=CC(=O)C=C[C@]4(C)C3=CC[C@]12C. The molecule has 0 amide bonds. The molecule has 0 radical (unpaired) electrons. The van der Waals surface area contributed by atoms with Crippen molar-refractivity contribution in [3.05, 3.63) is 46.6 Å². The molecular formula is C26H32O4. The Balaban J connectivity index is 1.72. The molecule has 4 rings (SSSR count). The summed E-state index contributed by atoms with van der Waals surface area (Å²) in [6.45, 7) is 9.95. The van der Waals surface area contributed by atoms with Crippen molar-refractivity contribution < 1.29 is 19.1 Å². The number of esters is 1. The van der Waals surface area contributed by atoms with Crippen LogP contribution in [0.25, 0.3) is 0 Å². The predicted molar refractivity (Wildman–Crippen MR) is 115 cm³/mol. The van der Waals surface area contributed by atoms with E-state index in [-0.39, 0.29) is 34.9 Å². The van der Waals surface area contributed by atoms with Gasteiger partial charge in [0.25, 0.3) is 0 Å². The average molecular weight is 409 g/mol. The van der Waals surface area contributed by atoms with Crippen molar-refractivity contribution in [3.63, 3.8) is 0 Å². The molecule has 0 aromatic rings. The summed E-state index contributed by atoms with van der Waals surface area (Å²) < 4.78 is 5.09. The summed E-state index contributed by atoms with van der Waals surface area (Å²) in [6, 6.07) is 0. The van der Waals surface area contributed by atoms with E-state index in [0.717, 1.165) is 31.3 Å². The Bertz CT molecular complexity index is 944. The Morgan fingerprint density at radius 1 is 1.27 bits per heavy atom. The van der Waals surface area contributed by atoms with Crippen molar-refractivity contribution in [2.45, 2.75) is 60.3 Å². The van der Waals surface area contributed by atoms with Gasteiger partial charge in [-0.2, -0.15) is 0 Å². The molecule has 4 aliphatic carbocycles. The van der Waals surface area contributed by atoms with Crippen molar-refractivity contribution in [2.75, 3.05) is 6.61 Å². The summed E-state index contributed by atoms with van der Waals surface area (Å²) >= 11 is 0. The van der Waals surface area contributed by atoms with Crippen molar-refractivity contribution in [2.24, 2.45) is 28.6 Å². The van der Waals surface area contributed by atoms with Crippen LogP contribution in [0.5, 0.6) is 0 Å². The summed E-state index contributed by atoms with van der Waals surface area (Å²) in [6.07, 6.45) is 11.6. The minimum atomic E-state index is -0.418. The quantitative estimate of drug-likeness (QED) is 0.490. The third-order valence-corrected chi connectivity index (χ3v) is 8.05. The first-order chi connectivity index (χ1) is 14.1. The van der Waals surface area contributed by atoms with Gasteiger partial charge >= 0.3 is 5.97 Å². The molecule has 4 aliphatic rings. The lowest BCUT2D eigenvalue weighted by molar-refractivity contribution is -0.145. The van der Waals surface area contributed by atoms with Crippen LogP contribution in [0.1, 0.15) is 60.3 Å². The number of carbonyl (C=O) groups is 3. The van der Waals surface area contributed by atoms with Gasteiger partial charge in [0.05, 0.1) is 0 Å². The van der Waals surface area contributed by atoms with E-state index in [1.165, 1.54) is 23.6 Å². The molecule has 0 N–H and O–H groups in total. The van der Waals surface area contributed by atoms with Crippen LogP contribution in [0.15, 0.2) is 46.6 Å². The maximum atomic E-state index is 13.2. The fourth-order valence-corrected chi connectivity index (χ4v) is 6.51. The van der Waals surface area contributed by atoms with E-state index in [4.69, 9.17) is 4.74 Å². The molecule has 4 heteroatoms. The second-order valence-electron chi connectivity index (χ2n) is 10.1. The first-order valence-corrected chi connectivity index (χ1v) is 11.1. The lowest BCUT2D eigenvalue weighted by Gasteiger charge is -2.51. The maximum Gasteiger partial charge on any atom is 0.303 e. The standard InChI is InChI=1S/C26H32O4/c1-15(2)20-13-22-19-7-6-17-12-18(28)8-10-25(17,4)21(19)9-11-26(22,5)24(20)23(29)14-30-16(3)27/h8-10,12,15,19,22H,6-7,11,13-14H2,1-5H3/t19-,22+,25+,26+/m1/s1. The molecule has 0 aliphatic heterocycles. The van der Waals surface area contributed by atoms with E-state index in [0.29, 0.717) is 11.8 Å². The van der Waals surface area contributed by atoms with Gasteiger partial charge in [-0.05, 0) is 62.5 Å². The molecule has 0 bridgehead atoms. The molecule has 0 aromatic carbocycles. The zero-order valence-electron chi connectivity index (χ0n) is 18.7. The lowest BCUT2D eigenvalue weighted by atomic mass is 9.52. The monoisotopic (exact) mass is 408 g/mol. The van der Waals surface area contributed by atoms with E-state index in [2.05, 4.69) is 39.8 Å². The van der Waals surface area contributed by atoms with E-state index in [9.17, 15) is 14.4 Å². The van der Waals surface area contributed by atoms with Gasteiger partial charge in [-0.1, -0.05) is 49.6 Å². The highest BCUT2D eigenvalue weighted by atomic mass is 16.5. The van der Waals surface area contributed by atoms with Crippen molar-refractivity contribution in [1.29, 1.82) is 0 Å². The van der Waals surface area contributed by atoms with Gasteiger partial charge < -0.3 is 4.74 Å². The number of ether oxygens (including phenoxy) is 1. The van der Waals surface area contributed by atoms with Gasteiger partial charge in [0.15, 0.2) is 18.2 Å². The first kappa shape index (κ1) is 21.0. The number of rotatable bonds is 4. The highest BCUT2D eigenvalue weighted by Gasteiger charge is 2.56. The third-order valence-electron chi connectivity index (χ3n) is 8.05. The number of carbonyl (C=O) groups excluding carboxylic acids is 3. The van der Waals surface area contributed by atoms with E-state index in [1.54, 1.807) is 6.08 Å². The molecule has 1 saturated carbocycles. The van der Waals surface area contributed by atoms with E-state index < -0.39 is 5.97 Å².